The third-order valence-corrected chi connectivity index (χ3v) is 2.61. The van der Waals surface area contributed by atoms with Crippen molar-refractivity contribution in [3.8, 4) is 0 Å². The number of nitrogens with two attached hydrogens (primary N) is 1. The molecular weight excluding hydrogens is 208 g/mol. The van der Waals surface area contributed by atoms with Crippen LogP contribution in [0.2, 0.25) is 0 Å². The second-order valence-electron chi connectivity index (χ2n) is 3.91. The molecule has 0 radical (unpaired) electrons. The van der Waals surface area contributed by atoms with Gasteiger partial charge in [-0.05, 0) is 19.3 Å². The van der Waals surface area contributed by atoms with Crippen LogP contribution in [0.1, 0.15) is 30.7 Å². The fourth-order valence-electron chi connectivity index (χ4n) is 1.71. The van der Waals surface area contributed by atoms with Crippen molar-refractivity contribution in [3.05, 3.63) is 17.5 Å². The number of aromatic nitrogens is 1. The third-order valence-electron chi connectivity index (χ3n) is 2.61. The van der Waals surface area contributed by atoms with Crippen LogP contribution in [0.15, 0.2) is 10.6 Å². The summed E-state index contributed by atoms with van der Waals surface area (Å²) in [6.45, 7) is 1.81. The molecule has 1 atom stereocenters. The molecule has 1 saturated heterocycles. The summed E-state index contributed by atoms with van der Waals surface area (Å²) in [7, 11) is 0. The molecule has 1 aromatic heterocycles. The Balaban J connectivity index is 1.66. The lowest BCUT2D eigenvalue weighted by atomic mass is 10.2. The van der Waals surface area contributed by atoms with Gasteiger partial charge in [-0.2, -0.15) is 0 Å². The van der Waals surface area contributed by atoms with E-state index in [-0.39, 0.29) is 6.29 Å². The van der Waals surface area contributed by atoms with Gasteiger partial charge >= 0.3 is 0 Å². The van der Waals surface area contributed by atoms with E-state index in [4.69, 9.17) is 19.7 Å². The van der Waals surface area contributed by atoms with Gasteiger partial charge in [-0.3, -0.25) is 0 Å². The van der Waals surface area contributed by atoms with Crippen LogP contribution in [0.3, 0.4) is 0 Å². The Bertz CT molecular complexity index is 308. The van der Waals surface area contributed by atoms with Gasteiger partial charge in [-0.1, -0.05) is 5.16 Å². The van der Waals surface area contributed by atoms with Gasteiger partial charge in [0, 0.05) is 19.1 Å². The van der Waals surface area contributed by atoms with Crippen molar-refractivity contribution >= 4 is 0 Å². The molecule has 0 spiro atoms. The molecule has 1 fully saturated rings. The molecule has 2 rings (SSSR count). The second-order valence-corrected chi connectivity index (χ2v) is 3.91. The van der Waals surface area contributed by atoms with Crippen molar-refractivity contribution in [1.82, 2.24) is 5.16 Å². The maximum Gasteiger partial charge on any atom is 0.157 e. The minimum atomic E-state index is -0.0328. The number of rotatable bonds is 5. The zero-order valence-electron chi connectivity index (χ0n) is 9.35. The molecule has 0 amide bonds. The Kier molecular flexibility index (Phi) is 4.33. The lowest BCUT2D eigenvalue weighted by molar-refractivity contribution is -0.161. The van der Waals surface area contributed by atoms with Gasteiger partial charge < -0.3 is 19.7 Å². The molecule has 1 aliphatic rings. The summed E-state index contributed by atoms with van der Waals surface area (Å²) in [5.41, 5.74) is 6.31. The molecule has 2 N–H and O–H groups in total. The number of hydrogen-bond acceptors (Lipinski definition) is 5. The van der Waals surface area contributed by atoms with Crippen LogP contribution in [0, 0.1) is 0 Å². The third kappa shape index (κ3) is 3.30. The first-order valence-electron chi connectivity index (χ1n) is 5.76. The van der Waals surface area contributed by atoms with Gasteiger partial charge in [0.25, 0.3) is 0 Å². The van der Waals surface area contributed by atoms with Gasteiger partial charge in [0.05, 0.1) is 18.8 Å². The number of nitrogens with zero attached hydrogens (tertiary/aromatic N) is 1. The molecule has 0 saturated carbocycles. The van der Waals surface area contributed by atoms with Gasteiger partial charge in [-0.25, -0.2) is 0 Å². The summed E-state index contributed by atoms with van der Waals surface area (Å²) in [5.74, 6) is 0.712. The molecule has 1 aromatic rings. The maximum atomic E-state index is 5.59. The highest BCUT2D eigenvalue weighted by molar-refractivity contribution is 5.04. The van der Waals surface area contributed by atoms with Crippen LogP contribution >= 0.6 is 0 Å². The van der Waals surface area contributed by atoms with Crippen LogP contribution in [-0.2, 0) is 22.4 Å². The first-order chi connectivity index (χ1) is 7.88. The fraction of sp³-hybridized carbons (Fsp3) is 0.727. The van der Waals surface area contributed by atoms with Crippen molar-refractivity contribution < 1.29 is 14.0 Å². The molecule has 0 aromatic carbocycles. The van der Waals surface area contributed by atoms with Crippen molar-refractivity contribution in [2.24, 2.45) is 5.73 Å². The summed E-state index contributed by atoms with van der Waals surface area (Å²) in [4.78, 5) is 0. The SMILES string of the molecule is NCc1cc(CCOC2CCCCO2)no1. The van der Waals surface area contributed by atoms with E-state index in [0.29, 0.717) is 18.9 Å². The average molecular weight is 226 g/mol. The second kappa shape index (κ2) is 5.98. The molecule has 2 heterocycles. The van der Waals surface area contributed by atoms with Crippen LogP contribution in [-0.4, -0.2) is 24.7 Å². The van der Waals surface area contributed by atoms with E-state index in [2.05, 4.69) is 5.16 Å². The van der Waals surface area contributed by atoms with Crippen molar-refractivity contribution in [3.63, 3.8) is 0 Å². The topological polar surface area (TPSA) is 70.5 Å². The Morgan fingerprint density at radius 3 is 3.12 bits per heavy atom. The predicted molar refractivity (Wildman–Crippen MR) is 57.6 cm³/mol. The first-order valence-corrected chi connectivity index (χ1v) is 5.76. The summed E-state index contributed by atoms with van der Waals surface area (Å²) in [5, 5.41) is 3.89. The van der Waals surface area contributed by atoms with E-state index in [1.807, 2.05) is 6.07 Å². The van der Waals surface area contributed by atoms with E-state index >= 15 is 0 Å². The fourth-order valence-corrected chi connectivity index (χ4v) is 1.71. The molecule has 0 aliphatic carbocycles. The van der Waals surface area contributed by atoms with E-state index in [1.54, 1.807) is 0 Å². The molecule has 5 nitrogen and oxygen atoms in total. The Labute approximate surface area is 94.9 Å². The van der Waals surface area contributed by atoms with Gasteiger partial charge in [0.2, 0.25) is 0 Å². The smallest absolute Gasteiger partial charge is 0.157 e. The van der Waals surface area contributed by atoms with Gasteiger partial charge in [0.1, 0.15) is 0 Å². The van der Waals surface area contributed by atoms with E-state index < -0.39 is 0 Å². The molecule has 5 heteroatoms. The normalized spacial score (nSPS) is 21.2. The van der Waals surface area contributed by atoms with E-state index in [1.165, 1.54) is 6.42 Å². The maximum absolute atomic E-state index is 5.59. The van der Waals surface area contributed by atoms with Crippen LogP contribution < -0.4 is 5.73 Å². The molecule has 0 bridgehead atoms. The standard InChI is InChI=1S/C11H18N2O3/c12-8-10-7-9(13-16-10)4-6-15-11-3-1-2-5-14-11/h7,11H,1-6,8,12H2. The van der Waals surface area contributed by atoms with Crippen molar-refractivity contribution in [2.75, 3.05) is 13.2 Å². The highest BCUT2D eigenvalue weighted by Crippen LogP contribution is 2.14. The van der Waals surface area contributed by atoms with Crippen LogP contribution in [0.25, 0.3) is 0 Å². The Morgan fingerprint density at radius 1 is 1.50 bits per heavy atom. The Hall–Kier alpha value is -0.910. The zero-order valence-corrected chi connectivity index (χ0v) is 9.35. The van der Waals surface area contributed by atoms with E-state index in [9.17, 15) is 0 Å². The quantitative estimate of drug-likeness (QED) is 0.817. The lowest BCUT2D eigenvalue weighted by Gasteiger charge is -2.22. The summed E-state index contributed by atoms with van der Waals surface area (Å²) in [6.07, 6.45) is 4.03. The zero-order chi connectivity index (χ0) is 11.2. The lowest BCUT2D eigenvalue weighted by Crippen LogP contribution is -2.23. The predicted octanol–water partition coefficient (Wildman–Crippen LogP) is 1.22. The van der Waals surface area contributed by atoms with Crippen LogP contribution in [0.5, 0.6) is 0 Å². The molecular formula is C11H18N2O3. The van der Waals surface area contributed by atoms with Crippen LogP contribution in [0.4, 0.5) is 0 Å². The van der Waals surface area contributed by atoms with E-state index in [0.717, 1.165) is 31.6 Å². The monoisotopic (exact) mass is 226 g/mol. The summed E-state index contributed by atoms with van der Waals surface area (Å²) < 4.78 is 16.0. The van der Waals surface area contributed by atoms with Crippen molar-refractivity contribution in [2.45, 2.75) is 38.5 Å². The van der Waals surface area contributed by atoms with Crippen molar-refractivity contribution in [1.29, 1.82) is 0 Å². The van der Waals surface area contributed by atoms with Gasteiger partial charge in [0.15, 0.2) is 12.1 Å². The summed E-state index contributed by atoms with van der Waals surface area (Å²) in [6, 6.07) is 1.87. The molecule has 90 valence electrons. The van der Waals surface area contributed by atoms with Gasteiger partial charge in [-0.15, -0.1) is 0 Å². The highest BCUT2D eigenvalue weighted by atomic mass is 16.7. The summed E-state index contributed by atoms with van der Waals surface area (Å²) >= 11 is 0. The minimum absolute atomic E-state index is 0.0328. The minimum Gasteiger partial charge on any atom is -0.360 e. The average Bonchev–Trinajstić information content (AvgIpc) is 2.78. The number of ether oxygens (including phenoxy) is 2. The number of hydrogen-bond donors (Lipinski definition) is 1. The largest absolute Gasteiger partial charge is 0.360 e. The first kappa shape index (κ1) is 11.6. The Morgan fingerprint density at radius 2 is 2.44 bits per heavy atom. The highest BCUT2D eigenvalue weighted by Gasteiger charge is 2.13. The molecule has 16 heavy (non-hydrogen) atoms. The molecule has 1 unspecified atom stereocenters. The molecule has 1 aliphatic heterocycles.